The van der Waals surface area contributed by atoms with E-state index in [1.165, 1.54) is 6.07 Å². The molecule has 1 atom stereocenters. The van der Waals surface area contributed by atoms with Gasteiger partial charge in [0.25, 0.3) is 0 Å². The lowest BCUT2D eigenvalue weighted by molar-refractivity contribution is 0.615. The molecule has 0 aliphatic carbocycles. The van der Waals surface area contributed by atoms with Crippen LogP contribution in [0.5, 0.6) is 0 Å². The summed E-state index contributed by atoms with van der Waals surface area (Å²) in [4.78, 5) is 7.43. The zero-order valence-corrected chi connectivity index (χ0v) is 11.8. The fourth-order valence-electron chi connectivity index (χ4n) is 2.93. The molecule has 2 heterocycles. The Labute approximate surface area is 127 Å². The highest BCUT2D eigenvalue weighted by atomic mass is 19.1. The first-order chi connectivity index (χ1) is 10.8. The number of imidazole rings is 1. The van der Waals surface area contributed by atoms with Gasteiger partial charge in [-0.3, -0.25) is 0 Å². The van der Waals surface area contributed by atoms with E-state index in [1.54, 1.807) is 24.7 Å². The molecule has 0 amide bonds. The highest BCUT2D eigenvalue weighted by molar-refractivity contribution is 5.84. The van der Waals surface area contributed by atoms with Crippen LogP contribution in [0.1, 0.15) is 17.2 Å². The number of nitrogens with one attached hydrogen (secondary N) is 1. The molecule has 0 aliphatic rings. The van der Waals surface area contributed by atoms with Crippen molar-refractivity contribution in [3.8, 4) is 0 Å². The van der Waals surface area contributed by atoms with Gasteiger partial charge in [0, 0.05) is 35.1 Å². The molecule has 108 valence electrons. The van der Waals surface area contributed by atoms with Crippen LogP contribution in [0.3, 0.4) is 0 Å². The zero-order valence-electron chi connectivity index (χ0n) is 11.8. The van der Waals surface area contributed by atoms with E-state index in [0.29, 0.717) is 0 Å². The quantitative estimate of drug-likeness (QED) is 0.604. The third kappa shape index (κ3) is 2.09. The topological polar surface area (TPSA) is 33.6 Å². The molecule has 2 aromatic carbocycles. The first kappa shape index (κ1) is 12.8. The minimum Gasteiger partial charge on any atom is -0.361 e. The highest BCUT2D eigenvalue weighted by Crippen LogP contribution is 2.32. The number of halogens is 1. The van der Waals surface area contributed by atoms with Gasteiger partial charge in [0.05, 0.1) is 12.4 Å². The third-order valence-corrected chi connectivity index (χ3v) is 3.90. The fourth-order valence-corrected chi connectivity index (χ4v) is 2.93. The smallest absolute Gasteiger partial charge is 0.123 e. The van der Waals surface area contributed by atoms with Gasteiger partial charge < -0.3 is 9.55 Å². The Hall–Kier alpha value is -2.88. The molecule has 0 saturated heterocycles. The number of H-pyrrole nitrogens is 1. The summed E-state index contributed by atoms with van der Waals surface area (Å²) in [6.07, 6.45) is 7.38. The molecule has 0 spiro atoms. The van der Waals surface area contributed by atoms with E-state index in [1.807, 2.05) is 41.2 Å². The van der Waals surface area contributed by atoms with E-state index < -0.39 is 0 Å². The zero-order chi connectivity index (χ0) is 14.9. The van der Waals surface area contributed by atoms with Crippen molar-refractivity contribution in [1.29, 1.82) is 0 Å². The summed E-state index contributed by atoms with van der Waals surface area (Å²) in [6, 6.07) is 14.7. The van der Waals surface area contributed by atoms with Crippen LogP contribution in [-0.2, 0) is 0 Å². The van der Waals surface area contributed by atoms with Gasteiger partial charge in [0.1, 0.15) is 5.82 Å². The molecule has 4 aromatic rings. The predicted octanol–water partition coefficient (Wildman–Crippen LogP) is 4.14. The number of para-hydroxylation sites is 1. The Morgan fingerprint density at radius 3 is 2.82 bits per heavy atom. The van der Waals surface area contributed by atoms with Crippen LogP contribution >= 0.6 is 0 Å². The second kappa shape index (κ2) is 5.15. The number of fused-ring (bicyclic) bond motifs is 1. The summed E-state index contributed by atoms with van der Waals surface area (Å²) in [5, 5.41) is 1.13. The maximum Gasteiger partial charge on any atom is 0.123 e. The van der Waals surface area contributed by atoms with Crippen LogP contribution in [0, 0.1) is 5.82 Å². The van der Waals surface area contributed by atoms with Crippen LogP contribution < -0.4 is 0 Å². The number of hydrogen-bond acceptors (Lipinski definition) is 1. The summed E-state index contributed by atoms with van der Waals surface area (Å²) in [6.45, 7) is 0. The maximum atomic E-state index is 13.7. The lowest BCUT2D eigenvalue weighted by Crippen LogP contribution is -2.10. The third-order valence-electron chi connectivity index (χ3n) is 3.90. The van der Waals surface area contributed by atoms with Crippen LogP contribution in [0.2, 0.25) is 0 Å². The molecule has 4 heteroatoms. The van der Waals surface area contributed by atoms with Gasteiger partial charge in [-0.2, -0.15) is 0 Å². The maximum absolute atomic E-state index is 13.7. The lowest BCUT2D eigenvalue weighted by atomic mass is 9.98. The summed E-state index contributed by atoms with van der Waals surface area (Å²) in [5.41, 5.74) is 3.06. The molecule has 2 aromatic heterocycles. The Bertz CT molecular complexity index is 909. The fraction of sp³-hybridized carbons (Fsp3) is 0.0556. The van der Waals surface area contributed by atoms with Crippen LogP contribution in [0.15, 0.2) is 73.4 Å². The normalized spacial score (nSPS) is 12.6. The van der Waals surface area contributed by atoms with Crippen LogP contribution in [-0.4, -0.2) is 14.5 Å². The van der Waals surface area contributed by atoms with E-state index >= 15 is 0 Å². The Balaban J connectivity index is 1.95. The number of aromatic amines is 1. The van der Waals surface area contributed by atoms with E-state index in [4.69, 9.17) is 0 Å². The van der Waals surface area contributed by atoms with Crippen molar-refractivity contribution in [2.45, 2.75) is 6.04 Å². The van der Waals surface area contributed by atoms with Gasteiger partial charge in [0.2, 0.25) is 0 Å². The molecule has 0 fully saturated rings. The molecular formula is C18H14FN3. The monoisotopic (exact) mass is 291 g/mol. The summed E-state index contributed by atoms with van der Waals surface area (Å²) < 4.78 is 15.7. The summed E-state index contributed by atoms with van der Waals surface area (Å²) in [5.74, 6) is -0.234. The first-order valence-corrected chi connectivity index (χ1v) is 7.12. The van der Waals surface area contributed by atoms with Crippen molar-refractivity contribution in [3.05, 3.63) is 90.4 Å². The number of aromatic nitrogens is 3. The van der Waals surface area contributed by atoms with E-state index in [-0.39, 0.29) is 11.9 Å². The van der Waals surface area contributed by atoms with Gasteiger partial charge in [0.15, 0.2) is 0 Å². The Morgan fingerprint density at radius 1 is 1.09 bits per heavy atom. The summed E-state index contributed by atoms with van der Waals surface area (Å²) in [7, 11) is 0. The van der Waals surface area contributed by atoms with Crippen molar-refractivity contribution in [3.63, 3.8) is 0 Å². The SMILES string of the molecule is Fc1cccc(C(c2c[nH]c3ccccc23)n2ccnc2)c1. The Morgan fingerprint density at radius 2 is 2.00 bits per heavy atom. The average molecular weight is 291 g/mol. The number of rotatable bonds is 3. The number of benzene rings is 2. The lowest BCUT2D eigenvalue weighted by Gasteiger charge is -2.19. The molecule has 0 bridgehead atoms. The van der Waals surface area contributed by atoms with Crippen molar-refractivity contribution >= 4 is 10.9 Å². The highest BCUT2D eigenvalue weighted by Gasteiger charge is 2.19. The molecule has 4 rings (SSSR count). The molecular weight excluding hydrogens is 277 g/mol. The predicted molar refractivity (Wildman–Crippen MR) is 84.2 cm³/mol. The molecule has 0 saturated carbocycles. The van der Waals surface area contributed by atoms with Gasteiger partial charge in [-0.25, -0.2) is 9.37 Å². The first-order valence-electron chi connectivity index (χ1n) is 7.12. The standard InChI is InChI=1S/C18H14FN3/c19-14-5-3-4-13(10-14)18(22-9-8-20-12-22)16-11-21-17-7-2-1-6-15(16)17/h1-12,18,21H. The minimum atomic E-state index is -0.234. The van der Waals surface area contributed by atoms with Gasteiger partial charge >= 0.3 is 0 Å². The van der Waals surface area contributed by atoms with Crippen LogP contribution in [0.25, 0.3) is 10.9 Å². The molecule has 1 unspecified atom stereocenters. The number of hydrogen-bond donors (Lipinski definition) is 1. The van der Waals surface area contributed by atoms with E-state index in [0.717, 1.165) is 22.0 Å². The van der Waals surface area contributed by atoms with Crippen molar-refractivity contribution in [2.24, 2.45) is 0 Å². The molecule has 0 radical (unpaired) electrons. The number of nitrogens with zero attached hydrogens (tertiary/aromatic N) is 2. The Kier molecular flexibility index (Phi) is 3.00. The molecule has 3 nitrogen and oxygen atoms in total. The second-order valence-electron chi connectivity index (χ2n) is 5.26. The van der Waals surface area contributed by atoms with Crippen LogP contribution in [0.4, 0.5) is 4.39 Å². The average Bonchev–Trinajstić information content (AvgIpc) is 3.19. The summed E-state index contributed by atoms with van der Waals surface area (Å²) >= 11 is 0. The van der Waals surface area contributed by atoms with Crippen molar-refractivity contribution in [1.82, 2.24) is 14.5 Å². The van der Waals surface area contributed by atoms with Gasteiger partial charge in [-0.05, 0) is 23.8 Å². The second-order valence-corrected chi connectivity index (χ2v) is 5.26. The largest absolute Gasteiger partial charge is 0.361 e. The molecule has 0 aliphatic heterocycles. The van der Waals surface area contributed by atoms with Gasteiger partial charge in [-0.1, -0.05) is 30.3 Å². The molecule has 22 heavy (non-hydrogen) atoms. The molecule has 1 N–H and O–H groups in total. The van der Waals surface area contributed by atoms with E-state index in [2.05, 4.69) is 16.0 Å². The van der Waals surface area contributed by atoms with E-state index in [9.17, 15) is 4.39 Å². The van der Waals surface area contributed by atoms with Gasteiger partial charge in [-0.15, -0.1) is 0 Å². The minimum absolute atomic E-state index is 0.116. The van der Waals surface area contributed by atoms with Crippen molar-refractivity contribution < 1.29 is 4.39 Å². The van der Waals surface area contributed by atoms with Crippen molar-refractivity contribution in [2.75, 3.05) is 0 Å².